The third-order valence-corrected chi connectivity index (χ3v) is 5.09. The zero-order valence-corrected chi connectivity index (χ0v) is 15.1. The van der Waals surface area contributed by atoms with Crippen LogP contribution in [0.3, 0.4) is 0 Å². The summed E-state index contributed by atoms with van der Waals surface area (Å²) >= 11 is 0. The van der Waals surface area contributed by atoms with Crippen molar-refractivity contribution in [1.82, 2.24) is 9.80 Å². The summed E-state index contributed by atoms with van der Waals surface area (Å²) in [6.07, 6.45) is 4.62. The van der Waals surface area contributed by atoms with Crippen LogP contribution in [0.4, 0.5) is 0 Å². The number of rotatable bonds is 5. The summed E-state index contributed by atoms with van der Waals surface area (Å²) in [6.45, 7) is 5.17. The molecule has 0 aromatic heterocycles. The normalized spacial score (nSPS) is 21.3. The van der Waals surface area contributed by atoms with Gasteiger partial charge in [-0.3, -0.25) is 9.59 Å². The Morgan fingerprint density at radius 2 is 2.12 bits per heavy atom. The van der Waals surface area contributed by atoms with Gasteiger partial charge in [-0.15, -0.1) is 0 Å². The summed E-state index contributed by atoms with van der Waals surface area (Å²) in [5.74, 6) is 1.45. The number of likely N-dealkylation sites (tertiary alicyclic amines) is 2. The first-order valence-corrected chi connectivity index (χ1v) is 9.37. The van der Waals surface area contributed by atoms with Crippen molar-refractivity contribution in [3.8, 4) is 5.75 Å². The molecule has 3 rings (SSSR count). The zero-order chi connectivity index (χ0) is 17.6. The van der Waals surface area contributed by atoms with E-state index in [9.17, 15) is 9.59 Å². The Morgan fingerprint density at radius 3 is 2.92 bits per heavy atom. The highest BCUT2D eigenvalue weighted by atomic mass is 16.5. The van der Waals surface area contributed by atoms with Crippen molar-refractivity contribution in [3.63, 3.8) is 0 Å². The highest BCUT2D eigenvalue weighted by Gasteiger charge is 2.27. The minimum Gasteiger partial charge on any atom is -0.493 e. The van der Waals surface area contributed by atoms with Gasteiger partial charge in [0.25, 0.3) is 0 Å². The lowest BCUT2D eigenvalue weighted by Crippen LogP contribution is -2.48. The van der Waals surface area contributed by atoms with Gasteiger partial charge in [-0.25, -0.2) is 0 Å². The van der Waals surface area contributed by atoms with Gasteiger partial charge in [0.05, 0.1) is 13.2 Å². The van der Waals surface area contributed by atoms with Gasteiger partial charge >= 0.3 is 0 Å². The summed E-state index contributed by atoms with van der Waals surface area (Å²) in [7, 11) is 0. The Morgan fingerprint density at radius 1 is 1.24 bits per heavy atom. The van der Waals surface area contributed by atoms with Gasteiger partial charge in [0.1, 0.15) is 5.75 Å². The van der Waals surface area contributed by atoms with Crippen LogP contribution in [0.2, 0.25) is 0 Å². The molecule has 0 unspecified atom stereocenters. The van der Waals surface area contributed by atoms with Crippen molar-refractivity contribution in [3.05, 3.63) is 29.8 Å². The van der Waals surface area contributed by atoms with Crippen molar-refractivity contribution in [1.29, 1.82) is 0 Å². The predicted octanol–water partition coefficient (Wildman–Crippen LogP) is 2.62. The van der Waals surface area contributed by atoms with Gasteiger partial charge < -0.3 is 14.5 Å². The van der Waals surface area contributed by atoms with Crippen molar-refractivity contribution in [2.24, 2.45) is 5.92 Å². The van der Waals surface area contributed by atoms with E-state index in [0.29, 0.717) is 18.9 Å². The Labute approximate surface area is 149 Å². The van der Waals surface area contributed by atoms with E-state index in [1.165, 1.54) is 5.56 Å². The second-order valence-corrected chi connectivity index (χ2v) is 7.25. The summed E-state index contributed by atoms with van der Waals surface area (Å²) in [4.78, 5) is 28.1. The number of carbonyl (C=O) groups excluding carboxylic acids is 2. The minimum absolute atomic E-state index is 0.0792. The summed E-state index contributed by atoms with van der Waals surface area (Å²) in [5.41, 5.74) is 1.18. The largest absolute Gasteiger partial charge is 0.493 e. The number of ether oxygens (including phenoxy) is 1. The fourth-order valence-electron chi connectivity index (χ4n) is 3.64. The smallest absolute Gasteiger partial charge is 0.242 e. The SMILES string of the molecule is Cc1cccc(OC[C@@H]2CCCN(C(=O)CN3CCCCC3=O)C2)c1. The van der Waals surface area contributed by atoms with E-state index in [2.05, 4.69) is 13.0 Å². The molecule has 1 atom stereocenters. The quantitative estimate of drug-likeness (QED) is 0.825. The lowest BCUT2D eigenvalue weighted by atomic mass is 9.99. The molecule has 2 aliphatic rings. The number of hydrogen-bond donors (Lipinski definition) is 0. The third kappa shape index (κ3) is 4.97. The molecule has 0 saturated carbocycles. The van der Waals surface area contributed by atoms with Gasteiger partial charge in [0.15, 0.2) is 0 Å². The van der Waals surface area contributed by atoms with Gasteiger partial charge in [-0.1, -0.05) is 12.1 Å². The van der Waals surface area contributed by atoms with Crippen molar-refractivity contribution in [2.45, 2.75) is 39.0 Å². The van der Waals surface area contributed by atoms with Crippen LogP contribution in [0.25, 0.3) is 0 Å². The highest BCUT2D eigenvalue weighted by Crippen LogP contribution is 2.20. The Kier molecular flexibility index (Phi) is 5.95. The van der Waals surface area contributed by atoms with Gasteiger partial charge in [0.2, 0.25) is 11.8 Å². The van der Waals surface area contributed by atoms with E-state index >= 15 is 0 Å². The van der Waals surface area contributed by atoms with Crippen LogP contribution in [-0.2, 0) is 9.59 Å². The Bertz CT molecular complexity index is 617. The number of aryl methyl sites for hydroxylation is 1. The molecular formula is C20H28N2O3. The molecule has 2 fully saturated rings. The van der Waals surface area contributed by atoms with Crippen LogP contribution in [-0.4, -0.2) is 54.4 Å². The lowest BCUT2D eigenvalue weighted by molar-refractivity contribution is -0.143. The average molecular weight is 344 g/mol. The molecule has 0 aliphatic carbocycles. The zero-order valence-electron chi connectivity index (χ0n) is 15.1. The molecule has 1 aromatic carbocycles. The molecule has 0 spiro atoms. The van der Waals surface area contributed by atoms with E-state index in [0.717, 1.165) is 51.1 Å². The molecule has 2 aliphatic heterocycles. The topological polar surface area (TPSA) is 49.9 Å². The Hall–Kier alpha value is -2.04. The monoisotopic (exact) mass is 344 g/mol. The fourth-order valence-corrected chi connectivity index (χ4v) is 3.64. The molecule has 0 radical (unpaired) electrons. The molecule has 5 nitrogen and oxygen atoms in total. The van der Waals surface area contributed by atoms with Crippen molar-refractivity contribution in [2.75, 3.05) is 32.8 Å². The molecule has 0 N–H and O–H groups in total. The molecule has 2 heterocycles. The maximum absolute atomic E-state index is 12.6. The number of hydrogen-bond acceptors (Lipinski definition) is 3. The molecule has 25 heavy (non-hydrogen) atoms. The standard InChI is InChI=1S/C20H28N2O3/c1-16-6-4-8-18(12-16)25-15-17-7-5-11-21(13-17)20(24)14-22-10-3-2-9-19(22)23/h4,6,8,12,17H,2-3,5,7,9-11,13-15H2,1H3/t17-/m1/s1. The lowest BCUT2D eigenvalue weighted by Gasteiger charge is -2.35. The minimum atomic E-state index is 0.0792. The van der Waals surface area contributed by atoms with E-state index in [1.807, 2.05) is 23.1 Å². The van der Waals surface area contributed by atoms with E-state index in [-0.39, 0.29) is 18.4 Å². The molecule has 2 amide bonds. The number of carbonyl (C=O) groups is 2. The Balaban J connectivity index is 1.48. The van der Waals surface area contributed by atoms with Crippen LogP contribution in [0, 0.1) is 12.8 Å². The van der Waals surface area contributed by atoms with E-state index < -0.39 is 0 Å². The maximum atomic E-state index is 12.6. The number of amides is 2. The van der Waals surface area contributed by atoms with E-state index in [1.54, 1.807) is 4.90 Å². The molecule has 0 bridgehead atoms. The second kappa shape index (κ2) is 8.37. The van der Waals surface area contributed by atoms with Gasteiger partial charge in [-0.2, -0.15) is 0 Å². The predicted molar refractivity (Wildman–Crippen MR) is 96.4 cm³/mol. The number of nitrogens with zero attached hydrogens (tertiary/aromatic N) is 2. The van der Waals surface area contributed by atoms with Gasteiger partial charge in [0, 0.05) is 32.0 Å². The first-order valence-electron chi connectivity index (χ1n) is 9.37. The second-order valence-electron chi connectivity index (χ2n) is 7.25. The fraction of sp³-hybridized carbons (Fsp3) is 0.600. The maximum Gasteiger partial charge on any atom is 0.242 e. The van der Waals surface area contributed by atoms with Crippen LogP contribution in [0.1, 0.15) is 37.7 Å². The summed E-state index contributed by atoms with van der Waals surface area (Å²) in [6, 6.07) is 8.06. The van der Waals surface area contributed by atoms with Gasteiger partial charge in [-0.05, 0) is 50.3 Å². The number of benzene rings is 1. The van der Waals surface area contributed by atoms with Crippen molar-refractivity contribution >= 4 is 11.8 Å². The summed E-state index contributed by atoms with van der Waals surface area (Å²) in [5, 5.41) is 0. The van der Waals surface area contributed by atoms with Crippen LogP contribution >= 0.6 is 0 Å². The first kappa shape index (κ1) is 17.8. The molecule has 2 saturated heterocycles. The third-order valence-electron chi connectivity index (χ3n) is 5.09. The van der Waals surface area contributed by atoms with Crippen LogP contribution in [0.15, 0.2) is 24.3 Å². The number of piperidine rings is 2. The van der Waals surface area contributed by atoms with Crippen LogP contribution in [0.5, 0.6) is 5.75 Å². The molecular weight excluding hydrogens is 316 g/mol. The van der Waals surface area contributed by atoms with E-state index in [4.69, 9.17) is 4.74 Å². The van der Waals surface area contributed by atoms with Crippen LogP contribution < -0.4 is 4.74 Å². The average Bonchev–Trinajstić information content (AvgIpc) is 2.62. The summed E-state index contributed by atoms with van der Waals surface area (Å²) < 4.78 is 5.92. The molecule has 1 aromatic rings. The highest BCUT2D eigenvalue weighted by molar-refractivity contribution is 5.85. The molecule has 5 heteroatoms. The molecule has 136 valence electrons. The first-order chi connectivity index (χ1) is 12.1. The van der Waals surface area contributed by atoms with Crippen molar-refractivity contribution < 1.29 is 14.3 Å².